The number of hydrogen-bond acceptors (Lipinski definition) is 3. The van der Waals surface area contributed by atoms with Gasteiger partial charge in [0.2, 0.25) is 0 Å². The molecule has 1 saturated heterocycles. The lowest BCUT2D eigenvalue weighted by Crippen LogP contribution is -2.42. The van der Waals surface area contributed by atoms with Crippen molar-refractivity contribution in [2.75, 3.05) is 13.2 Å². The SMILES string of the molecule is CC(C)(C)[Si](C)(C)OCC[C@@H]1C[C@H](O)CN1C(=O)c1ccc(-c2ccccc2)cc1. The molecule has 0 aliphatic carbocycles. The number of rotatable bonds is 6. The van der Waals surface area contributed by atoms with Crippen LogP contribution in [0.3, 0.4) is 0 Å². The van der Waals surface area contributed by atoms with Gasteiger partial charge in [0.05, 0.1) is 6.10 Å². The smallest absolute Gasteiger partial charge is 0.254 e. The van der Waals surface area contributed by atoms with Gasteiger partial charge >= 0.3 is 0 Å². The summed E-state index contributed by atoms with van der Waals surface area (Å²) in [7, 11) is -1.81. The first-order valence-corrected chi connectivity index (χ1v) is 13.8. The highest BCUT2D eigenvalue weighted by molar-refractivity contribution is 6.74. The van der Waals surface area contributed by atoms with E-state index in [0.717, 1.165) is 17.5 Å². The predicted molar refractivity (Wildman–Crippen MR) is 125 cm³/mol. The van der Waals surface area contributed by atoms with Crippen LogP contribution >= 0.6 is 0 Å². The first kappa shape index (κ1) is 22.7. The molecule has 1 aliphatic heterocycles. The Hall–Kier alpha value is -1.95. The van der Waals surface area contributed by atoms with Crippen LogP contribution in [0.25, 0.3) is 11.1 Å². The second-order valence-electron chi connectivity index (χ2n) is 9.84. The number of carbonyl (C=O) groups excluding carboxylic acids is 1. The standard InChI is InChI=1S/C25H35NO3Si/c1-25(2,3)30(4,5)29-16-15-22-17-23(27)18-26(22)24(28)21-13-11-20(12-14-21)19-9-7-6-8-10-19/h6-14,22-23,27H,15-18H2,1-5H3/t22-,23+/m1/s1. The molecule has 162 valence electrons. The van der Waals surface area contributed by atoms with E-state index in [-0.39, 0.29) is 17.0 Å². The Kier molecular flexibility index (Phi) is 6.85. The molecule has 3 rings (SSSR count). The van der Waals surface area contributed by atoms with Crippen LogP contribution in [0.1, 0.15) is 44.0 Å². The maximum Gasteiger partial charge on any atom is 0.254 e. The van der Waals surface area contributed by atoms with Gasteiger partial charge in [0.25, 0.3) is 5.91 Å². The van der Waals surface area contributed by atoms with E-state index >= 15 is 0 Å². The zero-order valence-electron chi connectivity index (χ0n) is 18.9. The highest BCUT2D eigenvalue weighted by Crippen LogP contribution is 2.37. The van der Waals surface area contributed by atoms with Crippen LogP contribution in [0.2, 0.25) is 18.1 Å². The molecule has 0 spiro atoms. The Labute approximate surface area is 182 Å². The van der Waals surface area contributed by atoms with Crippen molar-refractivity contribution in [2.45, 2.75) is 63.9 Å². The van der Waals surface area contributed by atoms with Gasteiger partial charge in [-0.05, 0) is 54.2 Å². The largest absolute Gasteiger partial charge is 0.417 e. The fourth-order valence-electron chi connectivity index (χ4n) is 3.68. The normalized spacial score (nSPS) is 19.9. The number of hydrogen-bond donors (Lipinski definition) is 1. The predicted octanol–water partition coefficient (Wildman–Crippen LogP) is 5.34. The summed E-state index contributed by atoms with van der Waals surface area (Å²) in [4.78, 5) is 15.0. The minimum Gasteiger partial charge on any atom is -0.417 e. The maximum atomic E-state index is 13.2. The van der Waals surface area contributed by atoms with Crippen LogP contribution in [-0.4, -0.2) is 49.5 Å². The molecule has 1 heterocycles. The summed E-state index contributed by atoms with van der Waals surface area (Å²) in [5.41, 5.74) is 2.89. The molecule has 0 saturated carbocycles. The minimum absolute atomic E-state index is 0.0107. The third kappa shape index (κ3) is 5.20. The zero-order valence-corrected chi connectivity index (χ0v) is 19.9. The number of amides is 1. The van der Waals surface area contributed by atoms with Crippen molar-refractivity contribution in [1.29, 1.82) is 0 Å². The van der Waals surface area contributed by atoms with Gasteiger partial charge in [0, 0.05) is 24.8 Å². The third-order valence-electron chi connectivity index (χ3n) is 6.61. The van der Waals surface area contributed by atoms with E-state index in [4.69, 9.17) is 4.43 Å². The van der Waals surface area contributed by atoms with Crippen molar-refractivity contribution >= 4 is 14.2 Å². The summed E-state index contributed by atoms with van der Waals surface area (Å²) in [5, 5.41) is 10.4. The highest BCUT2D eigenvalue weighted by Gasteiger charge is 2.38. The molecule has 2 aromatic rings. The lowest BCUT2D eigenvalue weighted by atomic mass is 10.0. The van der Waals surface area contributed by atoms with Crippen molar-refractivity contribution in [3.8, 4) is 11.1 Å². The Morgan fingerprint density at radius 1 is 1.07 bits per heavy atom. The van der Waals surface area contributed by atoms with Crippen LogP contribution in [-0.2, 0) is 4.43 Å². The molecule has 1 fully saturated rings. The quantitative estimate of drug-likeness (QED) is 0.636. The lowest BCUT2D eigenvalue weighted by Gasteiger charge is -2.36. The zero-order chi connectivity index (χ0) is 21.9. The fraction of sp³-hybridized carbons (Fsp3) is 0.480. The molecule has 2 atom stereocenters. The second kappa shape index (κ2) is 9.04. The molecule has 0 unspecified atom stereocenters. The second-order valence-corrected chi connectivity index (χ2v) is 14.7. The summed E-state index contributed by atoms with van der Waals surface area (Å²) in [6.07, 6.45) is 0.918. The number of β-amino-alcohol motifs (C(OH)–C–C–N with tert-alkyl or cyclic N) is 1. The highest BCUT2D eigenvalue weighted by atomic mass is 28.4. The van der Waals surface area contributed by atoms with E-state index in [1.807, 2.05) is 47.4 Å². The van der Waals surface area contributed by atoms with E-state index < -0.39 is 14.4 Å². The molecule has 4 nitrogen and oxygen atoms in total. The number of nitrogens with zero attached hydrogens (tertiary/aromatic N) is 1. The van der Waals surface area contributed by atoms with Gasteiger partial charge in [0.15, 0.2) is 8.32 Å². The number of aliphatic hydroxyl groups is 1. The van der Waals surface area contributed by atoms with Crippen LogP contribution in [0.15, 0.2) is 54.6 Å². The Bertz CT molecular complexity index is 843. The topological polar surface area (TPSA) is 49.8 Å². The Morgan fingerprint density at radius 2 is 1.67 bits per heavy atom. The molecule has 1 amide bonds. The lowest BCUT2D eigenvalue weighted by molar-refractivity contribution is 0.0700. The summed E-state index contributed by atoms with van der Waals surface area (Å²) in [6.45, 7) is 12.2. The van der Waals surface area contributed by atoms with Gasteiger partial charge in [-0.2, -0.15) is 0 Å². The molecule has 5 heteroatoms. The van der Waals surface area contributed by atoms with Gasteiger partial charge in [-0.15, -0.1) is 0 Å². The van der Waals surface area contributed by atoms with E-state index in [1.54, 1.807) is 0 Å². The van der Waals surface area contributed by atoms with E-state index in [2.05, 4.69) is 46.0 Å². The summed E-state index contributed by atoms with van der Waals surface area (Å²) in [6, 6.07) is 17.9. The van der Waals surface area contributed by atoms with Gasteiger partial charge in [-0.3, -0.25) is 4.79 Å². The monoisotopic (exact) mass is 425 g/mol. The summed E-state index contributed by atoms with van der Waals surface area (Å²) < 4.78 is 6.31. The van der Waals surface area contributed by atoms with Gasteiger partial charge in [0.1, 0.15) is 0 Å². The van der Waals surface area contributed by atoms with Crippen molar-refractivity contribution in [3.05, 3.63) is 60.2 Å². The average molecular weight is 426 g/mol. The Morgan fingerprint density at radius 3 is 2.27 bits per heavy atom. The van der Waals surface area contributed by atoms with Gasteiger partial charge in [-0.25, -0.2) is 0 Å². The first-order chi connectivity index (χ1) is 14.1. The van der Waals surface area contributed by atoms with E-state index in [9.17, 15) is 9.90 Å². The van der Waals surface area contributed by atoms with Crippen molar-refractivity contribution < 1.29 is 14.3 Å². The third-order valence-corrected chi connectivity index (χ3v) is 11.2. The fourth-order valence-corrected chi connectivity index (χ4v) is 4.74. The van der Waals surface area contributed by atoms with Gasteiger partial charge in [-0.1, -0.05) is 63.2 Å². The molecule has 30 heavy (non-hydrogen) atoms. The average Bonchev–Trinajstić information content (AvgIpc) is 3.07. The molecule has 1 aliphatic rings. The first-order valence-electron chi connectivity index (χ1n) is 10.9. The Balaban J connectivity index is 1.65. The van der Waals surface area contributed by atoms with Crippen molar-refractivity contribution in [1.82, 2.24) is 4.90 Å². The summed E-state index contributed by atoms with van der Waals surface area (Å²) >= 11 is 0. The van der Waals surface area contributed by atoms with E-state index in [1.165, 1.54) is 0 Å². The van der Waals surface area contributed by atoms with Crippen LogP contribution in [0.4, 0.5) is 0 Å². The molecular weight excluding hydrogens is 390 g/mol. The van der Waals surface area contributed by atoms with E-state index in [0.29, 0.717) is 25.1 Å². The minimum atomic E-state index is -1.81. The molecule has 1 N–H and O–H groups in total. The number of benzene rings is 2. The van der Waals surface area contributed by atoms with Crippen LogP contribution in [0.5, 0.6) is 0 Å². The molecule has 0 aromatic heterocycles. The van der Waals surface area contributed by atoms with Crippen molar-refractivity contribution in [2.24, 2.45) is 0 Å². The van der Waals surface area contributed by atoms with Crippen LogP contribution in [0, 0.1) is 0 Å². The van der Waals surface area contributed by atoms with Gasteiger partial charge < -0.3 is 14.4 Å². The number of likely N-dealkylation sites (tertiary alicyclic amines) is 1. The molecule has 2 aromatic carbocycles. The number of aliphatic hydroxyl groups excluding tert-OH is 1. The maximum absolute atomic E-state index is 13.2. The molecular formula is C25H35NO3Si. The van der Waals surface area contributed by atoms with Crippen LogP contribution < -0.4 is 0 Å². The molecule has 0 bridgehead atoms. The van der Waals surface area contributed by atoms with Crippen molar-refractivity contribution in [3.63, 3.8) is 0 Å². The number of carbonyl (C=O) groups is 1. The summed E-state index contributed by atoms with van der Waals surface area (Å²) in [5.74, 6) is -0.0107. The molecule has 0 radical (unpaired) electrons.